The van der Waals surface area contributed by atoms with Gasteiger partial charge in [0.25, 0.3) is 0 Å². The SMILES string of the molecule is CCN(CC)c1ccc(Nc2nsc3c2CC(C)N(c2ncccc2C)C3)cc1C. The smallest absolute Gasteiger partial charge is 0.147 e. The van der Waals surface area contributed by atoms with Gasteiger partial charge in [-0.05, 0) is 88.0 Å². The van der Waals surface area contributed by atoms with Crippen LogP contribution in [0, 0.1) is 13.8 Å². The molecule has 0 saturated heterocycles. The number of benzene rings is 1. The molecule has 0 radical (unpaired) electrons. The van der Waals surface area contributed by atoms with Crippen LogP contribution in [0.3, 0.4) is 0 Å². The molecule has 3 aromatic rings. The molecule has 6 heteroatoms. The van der Waals surface area contributed by atoms with Crippen molar-refractivity contribution in [2.75, 3.05) is 28.2 Å². The standard InChI is InChI=1S/C24H31N5S/c1-6-28(7-2)21-11-10-19(13-17(21)4)26-23-20-14-18(5)29(15-22(20)30-27-23)24-16(3)9-8-12-25-24/h8-13,18H,6-7,14-15H2,1-5H3,(H,26,27). The number of hydrogen-bond acceptors (Lipinski definition) is 6. The van der Waals surface area contributed by atoms with Crippen molar-refractivity contribution in [3.63, 3.8) is 0 Å². The van der Waals surface area contributed by atoms with Gasteiger partial charge in [0.1, 0.15) is 11.6 Å². The first kappa shape index (κ1) is 20.7. The molecule has 1 unspecified atom stereocenters. The average Bonchev–Trinajstić information content (AvgIpc) is 3.12. The molecule has 5 nitrogen and oxygen atoms in total. The van der Waals surface area contributed by atoms with Gasteiger partial charge in [-0.2, -0.15) is 4.37 Å². The van der Waals surface area contributed by atoms with Crippen LogP contribution in [0.1, 0.15) is 42.3 Å². The summed E-state index contributed by atoms with van der Waals surface area (Å²) in [6, 6.07) is 11.1. The summed E-state index contributed by atoms with van der Waals surface area (Å²) in [5.41, 5.74) is 6.27. The summed E-state index contributed by atoms with van der Waals surface area (Å²) in [6.07, 6.45) is 2.86. The van der Waals surface area contributed by atoms with Gasteiger partial charge in [0.2, 0.25) is 0 Å². The molecule has 0 amide bonds. The van der Waals surface area contributed by atoms with Gasteiger partial charge in [-0.1, -0.05) is 6.07 Å². The summed E-state index contributed by atoms with van der Waals surface area (Å²) in [7, 11) is 0. The third-order valence-corrected chi connectivity index (χ3v) is 6.90. The van der Waals surface area contributed by atoms with E-state index in [2.05, 4.69) is 79.0 Å². The zero-order chi connectivity index (χ0) is 21.3. The predicted octanol–water partition coefficient (Wildman–Crippen LogP) is 5.70. The zero-order valence-electron chi connectivity index (χ0n) is 18.6. The Morgan fingerprint density at radius 1 is 1.17 bits per heavy atom. The Labute approximate surface area is 183 Å². The van der Waals surface area contributed by atoms with E-state index in [1.807, 2.05) is 12.3 Å². The number of nitrogens with zero attached hydrogens (tertiary/aromatic N) is 4. The van der Waals surface area contributed by atoms with Gasteiger partial charge in [-0.25, -0.2) is 4.98 Å². The lowest BCUT2D eigenvalue weighted by Crippen LogP contribution is -2.38. The Kier molecular flexibility index (Phi) is 5.95. The van der Waals surface area contributed by atoms with Crippen LogP contribution in [0.15, 0.2) is 36.5 Å². The van der Waals surface area contributed by atoms with Crippen molar-refractivity contribution < 1.29 is 0 Å². The van der Waals surface area contributed by atoms with Crippen LogP contribution in [0.5, 0.6) is 0 Å². The summed E-state index contributed by atoms with van der Waals surface area (Å²) in [6.45, 7) is 13.9. The van der Waals surface area contributed by atoms with Crippen molar-refractivity contribution in [1.82, 2.24) is 9.36 Å². The lowest BCUT2D eigenvalue weighted by Gasteiger charge is -2.35. The molecule has 0 fully saturated rings. The summed E-state index contributed by atoms with van der Waals surface area (Å²) in [5.74, 6) is 2.09. The second-order valence-corrected chi connectivity index (χ2v) is 8.91. The van der Waals surface area contributed by atoms with E-state index in [1.165, 1.54) is 27.3 Å². The highest BCUT2D eigenvalue weighted by Gasteiger charge is 2.29. The molecule has 4 rings (SSSR count). The minimum atomic E-state index is 0.384. The molecular formula is C24H31N5S. The van der Waals surface area contributed by atoms with Gasteiger partial charge >= 0.3 is 0 Å². The maximum atomic E-state index is 4.77. The van der Waals surface area contributed by atoms with E-state index in [4.69, 9.17) is 4.37 Å². The minimum Gasteiger partial charge on any atom is -0.372 e. The molecule has 1 aliphatic rings. The van der Waals surface area contributed by atoms with E-state index < -0.39 is 0 Å². The van der Waals surface area contributed by atoms with Crippen molar-refractivity contribution >= 4 is 34.5 Å². The first-order chi connectivity index (χ1) is 14.5. The molecule has 0 spiro atoms. The number of nitrogens with one attached hydrogen (secondary N) is 1. The number of aromatic nitrogens is 2. The summed E-state index contributed by atoms with van der Waals surface area (Å²) in [5, 5.41) is 3.59. The van der Waals surface area contributed by atoms with Crippen LogP contribution in [-0.4, -0.2) is 28.5 Å². The molecule has 30 heavy (non-hydrogen) atoms. The maximum Gasteiger partial charge on any atom is 0.147 e. The first-order valence-electron chi connectivity index (χ1n) is 10.8. The number of fused-ring (bicyclic) bond motifs is 1. The highest BCUT2D eigenvalue weighted by atomic mass is 32.1. The third kappa shape index (κ3) is 3.88. The van der Waals surface area contributed by atoms with Crippen LogP contribution < -0.4 is 15.1 Å². The molecule has 0 bridgehead atoms. The monoisotopic (exact) mass is 421 g/mol. The van der Waals surface area contributed by atoms with Crippen molar-refractivity contribution in [2.45, 2.75) is 53.6 Å². The number of hydrogen-bond donors (Lipinski definition) is 1. The van der Waals surface area contributed by atoms with Gasteiger partial charge in [-0.3, -0.25) is 0 Å². The molecule has 1 atom stereocenters. The Bertz CT molecular complexity index is 1020. The minimum absolute atomic E-state index is 0.384. The van der Waals surface area contributed by atoms with Crippen LogP contribution in [0.4, 0.5) is 23.0 Å². The van der Waals surface area contributed by atoms with E-state index in [1.54, 1.807) is 11.5 Å². The van der Waals surface area contributed by atoms with Crippen molar-refractivity contribution in [3.8, 4) is 0 Å². The quantitative estimate of drug-likeness (QED) is 0.553. The number of aryl methyl sites for hydroxylation is 2. The van der Waals surface area contributed by atoms with Gasteiger partial charge in [-0.15, -0.1) is 0 Å². The van der Waals surface area contributed by atoms with Crippen molar-refractivity contribution in [3.05, 3.63) is 58.1 Å². The van der Waals surface area contributed by atoms with Crippen molar-refractivity contribution in [1.29, 1.82) is 0 Å². The maximum absolute atomic E-state index is 4.77. The highest BCUT2D eigenvalue weighted by molar-refractivity contribution is 7.06. The fourth-order valence-corrected chi connectivity index (χ4v) is 5.19. The van der Waals surface area contributed by atoms with Crippen LogP contribution in [0.2, 0.25) is 0 Å². The van der Waals surface area contributed by atoms with Crippen LogP contribution >= 0.6 is 11.5 Å². The predicted molar refractivity (Wildman–Crippen MR) is 128 cm³/mol. The largest absolute Gasteiger partial charge is 0.372 e. The molecular weight excluding hydrogens is 390 g/mol. The van der Waals surface area contributed by atoms with E-state index in [0.717, 1.165) is 43.4 Å². The Morgan fingerprint density at radius 2 is 1.97 bits per heavy atom. The Hall–Kier alpha value is -2.60. The fourth-order valence-electron chi connectivity index (χ4n) is 4.34. The number of rotatable bonds is 6. The lowest BCUT2D eigenvalue weighted by molar-refractivity contribution is 0.593. The van der Waals surface area contributed by atoms with Gasteiger partial charge in [0, 0.05) is 42.3 Å². The Balaban J connectivity index is 1.55. The van der Waals surface area contributed by atoms with E-state index in [9.17, 15) is 0 Å². The second kappa shape index (κ2) is 8.64. The molecule has 158 valence electrons. The summed E-state index contributed by atoms with van der Waals surface area (Å²) in [4.78, 5) is 10.8. The number of anilines is 4. The van der Waals surface area contributed by atoms with E-state index >= 15 is 0 Å². The van der Waals surface area contributed by atoms with Crippen LogP contribution in [-0.2, 0) is 13.0 Å². The first-order valence-corrected chi connectivity index (χ1v) is 11.6. The molecule has 0 aliphatic carbocycles. The lowest BCUT2D eigenvalue weighted by atomic mass is 10.0. The summed E-state index contributed by atoms with van der Waals surface area (Å²) < 4.78 is 4.77. The normalized spacial score (nSPS) is 15.8. The molecule has 0 saturated carbocycles. The van der Waals surface area contributed by atoms with Crippen molar-refractivity contribution in [2.24, 2.45) is 0 Å². The van der Waals surface area contributed by atoms with Gasteiger partial charge in [0.15, 0.2) is 0 Å². The topological polar surface area (TPSA) is 44.3 Å². The highest BCUT2D eigenvalue weighted by Crippen LogP contribution is 2.36. The molecule has 1 aliphatic heterocycles. The number of pyridine rings is 1. The molecule has 1 N–H and O–H groups in total. The van der Waals surface area contributed by atoms with E-state index in [0.29, 0.717) is 6.04 Å². The average molecular weight is 422 g/mol. The fraction of sp³-hybridized carbons (Fsp3) is 0.417. The van der Waals surface area contributed by atoms with Crippen LogP contribution in [0.25, 0.3) is 0 Å². The molecule has 1 aromatic carbocycles. The Morgan fingerprint density at radius 3 is 2.67 bits per heavy atom. The molecule has 3 heterocycles. The molecule has 2 aromatic heterocycles. The second-order valence-electron chi connectivity index (χ2n) is 8.06. The van der Waals surface area contributed by atoms with Gasteiger partial charge in [0.05, 0.1) is 11.4 Å². The van der Waals surface area contributed by atoms with E-state index in [-0.39, 0.29) is 0 Å². The third-order valence-electron chi connectivity index (χ3n) is 6.03. The van der Waals surface area contributed by atoms with Gasteiger partial charge < -0.3 is 15.1 Å². The zero-order valence-corrected chi connectivity index (χ0v) is 19.4. The summed E-state index contributed by atoms with van der Waals surface area (Å²) >= 11 is 1.61.